The Morgan fingerprint density at radius 2 is 1.45 bits per heavy atom. The predicted molar refractivity (Wildman–Crippen MR) is 148 cm³/mol. The Bertz CT molecular complexity index is 1110. The number of benzene rings is 2. The van der Waals surface area contributed by atoms with Gasteiger partial charge in [-0.3, -0.25) is 0 Å². The average Bonchev–Trinajstić information content (AvgIpc) is 3.53. The zero-order chi connectivity index (χ0) is 27.6. The van der Waals surface area contributed by atoms with Crippen LogP contribution in [-0.2, 0) is 29.3 Å². The number of ether oxygens (including phenoxy) is 4. The molecule has 1 spiro atoms. The summed E-state index contributed by atoms with van der Waals surface area (Å²) in [5.41, 5.74) is -0.312. The van der Waals surface area contributed by atoms with Crippen molar-refractivity contribution in [2.24, 2.45) is 0 Å². The van der Waals surface area contributed by atoms with E-state index in [9.17, 15) is 9.59 Å². The maximum atomic E-state index is 14.5. The number of hydrogen-bond donors (Lipinski definition) is 0. The van der Waals surface area contributed by atoms with E-state index in [1.807, 2.05) is 60.7 Å². The van der Waals surface area contributed by atoms with Crippen LogP contribution in [0.25, 0.3) is 0 Å². The summed E-state index contributed by atoms with van der Waals surface area (Å²) in [5.74, 6) is -0.460. The monoisotopic (exact) mass is 549 g/mol. The van der Waals surface area contributed by atoms with Crippen LogP contribution in [0.3, 0.4) is 0 Å². The number of hydrogen-bond acceptors (Lipinski definition) is 6. The smallest absolute Gasteiger partial charge is 0.412 e. The fourth-order valence-corrected chi connectivity index (χ4v) is 7.71. The largest absolute Gasteiger partial charge is 0.459 e. The molecule has 40 heavy (non-hydrogen) atoms. The van der Waals surface area contributed by atoms with Gasteiger partial charge in [0.25, 0.3) is 0 Å². The van der Waals surface area contributed by atoms with E-state index in [2.05, 4.69) is 0 Å². The molecule has 0 aromatic heterocycles. The molecule has 4 aliphatic heterocycles. The third-order valence-electron chi connectivity index (χ3n) is 9.56. The highest BCUT2D eigenvalue weighted by atomic mass is 16.7. The van der Waals surface area contributed by atoms with Crippen LogP contribution in [0.4, 0.5) is 4.79 Å². The highest BCUT2D eigenvalue weighted by molar-refractivity contribution is 5.86. The number of carbonyl (C=O) groups is 2. The van der Waals surface area contributed by atoms with Gasteiger partial charge in [0.1, 0.15) is 6.10 Å². The summed E-state index contributed by atoms with van der Waals surface area (Å²) in [7, 11) is 0. The third-order valence-corrected chi connectivity index (χ3v) is 9.56. The molecule has 0 radical (unpaired) electrons. The Morgan fingerprint density at radius 3 is 2.00 bits per heavy atom. The molecule has 6 rings (SSSR count). The Hall–Kier alpha value is -2.94. The minimum absolute atomic E-state index is 0.157. The molecule has 0 N–H and O–H groups in total. The molecule has 2 aromatic rings. The summed E-state index contributed by atoms with van der Waals surface area (Å²) in [4.78, 5) is 29.0. The maximum Gasteiger partial charge on any atom is 0.412 e. The quantitative estimate of drug-likeness (QED) is 0.285. The van der Waals surface area contributed by atoms with Gasteiger partial charge in [-0.1, -0.05) is 60.7 Å². The lowest BCUT2D eigenvalue weighted by Crippen LogP contribution is -2.60. The van der Waals surface area contributed by atoms with Gasteiger partial charge in [-0.2, -0.15) is 0 Å². The summed E-state index contributed by atoms with van der Waals surface area (Å²) in [6.07, 6.45) is 5.17. The van der Waals surface area contributed by atoms with Crippen molar-refractivity contribution in [1.82, 2.24) is 4.90 Å². The lowest BCUT2D eigenvalue weighted by molar-refractivity contribution is -0.956. The maximum absolute atomic E-state index is 14.5. The van der Waals surface area contributed by atoms with Crippen LogP contribution in [-0.4, -0.2) is 85.3 Å². The topological polar surface area (TPSA) is 74.3 Å². The highest BCUT2D eigenvalue weighted by Gasteiger charge is 2.57. The number of carbonyl (C=O) groups excluding carboxylic acids is 2. The van der Waals surface area contributed by atoms with Crippen molar-refractivity contribution < 1.29 is 33.0 Å². The third kappa shape index (κ3) is 5.01. The summed E-state index contributed by atoms with van der Waals surface area (Å²) in [6, 6.07) is 20.0. The molecule has 8 nitrogen and oxygen atoms in total. The molecule has 0 saturated carbocycles. The number of piperidine rings is 1. The second-order valence-corrected chi connectivity index (χ2v) is 11.7. The van der Waals surface area contributed by atoms with Crippen molar-refractivity contribution in [2.45, 2.75) is 75.5 Å². The molecular weight excluding hydrogens is 508 g/mol. The number of quaternary nitrogens is 1. The van der Waals surface area contributed by atoms with E-state index in [1.54, 1.807) is 11.8 Å². The molecule has 2 unspecified atom stereocenters. The highest BCUT2D eigenvalue weighted by Crippen LogP contribution is 2.47. The van der Waals surface area contributed by atoms with E-state index >= 15 is 0 Å². The lowest BCUT2D eigenvalue weighted by atomic mass is 9.85. The fraction of sp³-hybridized carbons (Fsp3) is 0.562. The van der Waals surface area contributed by atoms with Crippen molar-refractivity contribution in [1.29, 1.82) is 0 Å². The van der Waals surface area contributed by atoms with E-state index in [1.165, 1.54) is 43.3 Å². The van der Waals surface area contributed by atoms with Gasteiger partial charge in [0.2, 0.25) is 11.9 Å². The first kappa shape index (κ1) is 27.2. The van der Waals surface area contributed by atoms with Crippen LogP contribution in [0.5, 0.6) is 0 Å². The minimum Gasteiger partial charge on any atom is -0.459 e. The summed E-state index contributed by atoms with van der Waals surface area (Å²) in [5, 5.41) is 0. The van der Waals surface area contributed by atoms with Crippen molar-refractivity contribution in [2.75, 3.05) is 39.4 Å². The van der Waals surface area contributed by atoms with Gasteiger partial charge in [0.15, 0.2) is 0 Å². The van der Waals surface area contributed by atoms with Crippen LogP contribution in [0.1, 0.15) is 56.6 Å². The van der Waals surface area contributed by atoms with Crippen molar-refractivity contribution >= 4 is 12.1 Å². The number of rotatable bonds is 7. The van der Waals surface area contributed by atoms with Gasteiger partial charge in [-0.05, 0) is 18.1 Å². The van der Waals surface area contributed by atoms with Gasteiger partial charge in [-0.25, -0.2) is 9.59 Å². The molecule has 4 saturated heterocycles. The zero-order valence-electron chi connectivity index (χ0n) is 23.4. The first-order valence-electron chi connectivity index (χ1n) is 14.9. The standard InChI is InChI=1S/C32H41N2O6/c1-24(38-31(36)33-16-20-37-21-17-33)40-32(25-10-4-2-5-11-25,26-12-6-3-7-13-26)30(35)39-29-22-27-14-15-28(23-29)34(27)18-8-9-19-34/h2-7,10-13,24,27-29H,8-9,14-23H2,1H3/q+1/t24-,27?,28?,29?/m1/s1. The first-order chi connectivity index (χ1) is 19.5. The van der Waals surface area contributed by atoms with Crippen molar-refractivity contribution in [3.8, 4) is 0 Å². The number of esters is 1. The van der Waals surface area contributed by atoms with Crippen LogP contribution in [0.15, 0.2) is 60.7 Å². The van der Waals surface area contributed by atoms with Crippen LogP contribution < -0.4 is 0 Å². The molecule has 2 bridgehead atoms. The van der Waals surface area contributed by atoms with Crippen LogP contribution in [0.2, 0.25) is 0 Å². The van der Waals surface area contributed by atoms with E-state index < -0.39 is 24.0 Å². The molecule has 4 heterocycles. The van der Waals surface area contributed by atoms with E-state index in [-0.39, 0.29) is 6.10 Å². The molecule has 0 aliphatic carbocycles. The average molecular weight is 550 g/mol. The second-order valence-electron chi connectivity index (χ2n) is 11.7. The number of morpholine rings is 1. The molecule has 2 aromatic carbocycles. The summed E-state index contributed by atoms with van der Waals surface area (Å²) >= 11 is 0. The Balaban J connectivity index is 1.28. The lowest BCUT2D eigenvalue weighted by Gasteiger charge is -2.47. The van der Waals surface area contributed by atoms with Gasteiger partial charge < -0.3 is 28.3 Å². The zero-order valence-corrected chi connectivity index (χ0v) is 23.4. The Labute approximate surface area is 236 Å². The molecule has 4 fully saturated rings. The van der Waals surface area contributed by atoms with Gasteiger partial charge in [-0.15, -0.1) is 0 Å². The Kier molecular flexibility index (Phi) is 7.84. The summed E-state index contributed by atoms with van der Waals surface area (Å²) in [6.45, 7) is 6.05. The van der Waals surface area contributed by atoms with Crippen LogP contribution in [0, 0.1) is 0 Å². The van der Waals surface area contributed by atoms with Gasteiger partial charge in [0, 0.05) is 51.6 Å². The van der Waals surface area contributed by atoms with E-state index in [0.29, 0.717) is 49.5 Å². The predicted octanol–water partition coefficient (Wildman–Crippen LogP) is 4.61. The molecule has 214 valence electrons. The minimum atomic E-state index is -1.59. The molecular formula is C32H41N2O6+. The molecule has 8 heteroatoms. The molecule has 3 atom stereocenters. The second kappa shape index (κ2) is 11.5. The number of nitrogens with zero attached hydrogens (tertiary/aromatic N) is 2. The van der Waals surface area contributed by atoms with Crippen molar-refractivity contribution in [3.05, 3.63) is 71.8 Å². The normalized spacial score (nSPS) is 26.4. The molecule has 4 aliphatic rings. The van der Waals surface area contributed by atoms with Crippen LogP contribution >= 0.6 is 0 Å². The van der Waals surface area contributed by atoms with E-state index in [4.69, 9.17) is 18.9 Å². The van der Waals surface area contributed by atoms with Gasteiger partial charge in [0.05, 0.1) is 38.4 Å². The SMILES string of the molecule is C[C@H](OC(=O)N1CCOCC1)OC(C(=O)OC1CC2CCC(C1)[N+]21CCCC1)(c1ccccc1)c1ccccc1. The van der Waals surface area contributed by atoms with Gasteiger partial charge >= 0.3 is 12.1 Å². The Morgan fingerprint density at radius 1 is 0.900 bits per heavy atom. The summed E-state index contributed by atoms with van der Waals surface area (Å²) < 4.78 is 25.3. The number of amides is 1. The molecule has 1 amide bonds. The fourth-order valence-electron chi connectivity index (χ4n) is 7.71. The first-order valence-corrected chi connectivity index (χ1v) is 14.9. The van der Waals surface area contributed by atoms with E-state index in [0.717, 1.165) is 12.8 Å². The van der Waals surface area contributed by atoms with Crippen molar-refractivity contribution in [3.63, 3.8) is 0 Å².